The van der Waals surface area contributed by atoms with Gasteiger partial charge in [-0.3, -0.25) is 14.6 Å². The molecule has 3 aliphatic rings. The molecule has 0 saturated carbocycles. The highest BCUT2D eigenvalue weighted by molar-refractivity contribution is 6.31. The van der Waals surface area contributed by atoms with Gasteiger partial charge >= 0.3 is 5.97 Å². The Kier molecular flexibility index (Phi) is 11.7. The number of aromatic nitrogens is 2. The van der Waals surface area contributed by atoms with Gasteiger partial charge in [-0.15, -0.1) is 0 Å². The molecule has 2 aliphatic heterocycles. The third-order valence-electron chi connectivity index (χ3n) is 12.4. The summed E-state index contributed by atoms with van der Waals surface area (Å²) in [5.41, 5.74) is 8.03. The number of carboxylic acids is 1. The van der Waals surface area contributed by atoms with Crippen molar-refractivity contribution in [3.8, 4) is 16.9 Å². The molecule has 2 aromatic heterocycles. The zero-order chi connectivity index (χ0) is 43.9. The number of carboxylic acid groups (broad SMARTS) is 1. The smallest absolute Gasteiger partial charge is 0.326 e. The number of ether oxygens (including phenoxy) is 3. The van der Waals surface area contributed by atoms with Crippen LogP contribution in [0, 0.1) is 40.0 Å². The van der Waals surface area contributed by atoms with E-state index in [0.29, 0.717) is 47.0 Å². The van der Waals surface area contributed by atoms with Crippen molar-refractivity contribution in [1.82, 2.24) is 20.2 Å². The van der Waals surface area contributed by atoms with Crippen molar-refractivity contribution in [2.24, 2.45) is 5.41 Å². The Bertz CT molecular complexity index is 2600. The molecule has 4 heterocycles. The summed E-state index contributed by atoms with van der Waals surface area (Å²) in [6.45, 7) is 12.0. The molecule has 13 heteroatoms. The number of likely N-dealkylation sites (tertiary alicyclic amines) is 1. The second kappa shape index (κ2) is 17.2. The molecule has 62 heavy (non-hydrogen) atoms. The van der Waals surface area contributed by atoms with E-state index in [1.165, 1.54) is 4.90 Å². The lowest BCUT2D eigenvalue weighted by molar-refractivity contribution is -0.142. The van der Waals surface area contributed by atoms with Crippen LogP contribution in [0.1, 0.15) is 81.5 Å². The lowest BCUT2D eigenvalue weighted by atomic mass is 9.68. The van der Waals surface area contributed by atoms with Crippen LogP contribution in [-0.4, -0.2) is 63.0 Å². The van der Waals surface area contributed by atoms with E-state index in [2.05, 4.69) is 15.3 Å². The first-order valence-corrected chi connectivity index (χ1v) is 21.1. The number of carbonyl (C=O) groups is 3. The fraction of sp³-hybridized carbons (Fsp3) is 0.327. The highest BCUT2D eigenvalue weighted by atomic mass is 35.5. The summed E-state index contributed by atoms with van der Waals surface area (Å²) < 4.78 is 24.6. The van der Waals surface area contributed by atoms with Crippen molar-refractivity contribution in [3.63, 3.8) is 0 Å². The first-order valence-electron chi connectivity index (χ1n) is 20.7. The number of amides is 2. The first-order chi connectivity index (χ1) is 29.7. The van der Waals surface area contributed by atoms with Gasteiger partial charge in [0.2, 0.25) is 5.91 Å². The summed E-state index contributed by atoms with van der Waals surface area (Å²) in [6.07, 6.45) is 3.96. The summed E-state index contributed by atoms with van der Waals surface area (Å²) in [5, 5.41) is 13.8. The van der Waals surface area contributed by atoms with Crippen LogP contribution in [0.5, 0.6) is 5.75 Å². The fourth-order valence-electron chi connectivity index (χ4n) is 8.56. The SMILES string of the molecule is Cc1nc(C(=O)N2CC3=CC4=C(CC3(C)C[C@H]2C(=O)N[C@@H](Cc2ccc(-c3ccnc(C)c3C)cc2)C(=O)O)OC[C@H](c2ccc(OCc3c(C)cccc3Cl)cc2)O4)c(C)o1. The van der Waals surface area contributed by atoms with Crippen molar-refractivity contribution in [3.05, 3.63) is 158 Å². The number of allylic oxidation sites excluding steroid dienone is 2. The van der Waals surface area contributed by atoms with Gasteiger partial charge in [0.15, 0.2) is 23.4 Å². The average Bonchev–Trinajstić information content (AvgIpc) is 3.59. The lowest BCUT2D eigenvalue weighted by Gasteiger charge is -2.48. The quantitative estimate of drug-likeness (QED) is 0.132. The number of aryl methyl sites for hydroxylation is 4. The number of piperidine rings is 1. The second-order valence-electron chi connectivity index (χ2n) is 16.7. The van der Waals surface area contributed by atoms with Gasteiger partial charge in [0.1, 0.15) is 42.6 Å². The number of hydrogen-bond acceptors (Lipinski definition) is 9. The van der Waals surface area contributed by atoms with Crippen LogP contribution in [0.25, 0.3) is 11.1 Å². The number of pyridine rings is 1. The van der Waals surface area contributed by atoms with Gasteiger partial charge in [-0.2, -0.15) is 0 Å². The zero-order valence-corrected chi connectivity index (χ0v) is 36.3. The molecule has 8 rings (SSSR count). The maximum Gasteiger partial charge on any atom is 0.326 e. The number of aliphatic carboxylic acids is 1. The van der Waals surface area contributed by atoms with Gasteiger partial charge in [-0.05, 0) is 103 Å². The molecule has 0 bridgehead atoms. The topological polar surface area (TPSA) is 153 Å². The molecule has 1 aliphatic carbocycles. The van der Waals surface area contributed by atoms with Crippen LogP contribution < -0.4 is 10.1 Å². The molecule has 2 amide bonds. The number of fused-ring (bicyclic) bond motifs is 1. The summed E-state index contributed by atoms with van der Waals surface area (Å²) in [7, 11) is 0. The molecule has 1 fully saturated rings. The van der Waals surface area contributed by atoms with Crippen molar-refractivity contribution in [1.29, 1.82) is 0 Å². The van der Waals surface area contributed by atoms with Crippen LogP contribution in [0.3, 0.4) is 0 Å². The van der Waals surface area contributed by atoms with E-state index in [4.69, 9.17) is 30.2 Å². The van der Waals surface area contributed by atoms with E-state index in [1.807, 2.05) is 107 Å². The number of hydrogen-bond donors (Lipinski definition) is 2. The summed E-state index contributed by atoms with van der Waals surface area (Å²) >= 11 is 6.40. The number of oxazole rings is 1. The minimum atomic E-state index is -1.25. The van der Waals surface area contributed by atoms with Crippen molar-refractivity contribution < 1.29 is 38.1 Å². The zero-order valence-electron chi connectivity index (χ0n) is 35.6. The Hall–Kier alpha value is -6.40. The van der Waals surface area contributed by atoms with E-state index in [1.54, 1.807) is 20.0 Å². The number of nitrogens with zero attached hydrogens (tertiary/aromatic N) is 3. The fourth-order valence-corrected chi connectivity index (χ4v) is 8.84. The van der Waals surface area contributed by atoms with Crippen molar-refractivity contribution >= 4 is 29.4 Å². The number of halogens is 1. The maximum atomic E-state index is 14.4. The van der Waals surface area contributed by atoms with Crippen LogP contribution in [0.2, 0.25) is 5.02 Å². The highest BCUT2D eigenvalue weighted by Gasteiger charge is 2.49. The molecule has 5 aromatic rings. The molecular weight excluding hydrogens is 808 g/mol. The predicted molar refractivity (Wildman–Crippen MR) is 232 cm³/mol. The normalized spacial score (nSPS) is 19.9. The maximum absolute atomic E-state index is 14.4. The standard InChI is InChI=1S/C49H49ClN4O8/c1-27-8-7-9-39(50)38(27)25-59-36-16-14-34(15-17-36)44-26-60-43-23-49(6)22-41(54(24-35(49)21-42(43)62-44)47(56)45-30(4)61-31(5)52-45)46(55)53-40(48(57)58)20-32-10-12-33(13-11-32)37-18-19-51-29(3)28(37)2/h7-19,21,40-41,44H,20,22-26H2,1-6H3,(H,53,55)(H,57,58)/t40-,41-,44+,49?/m0/s1. The predicted octanol–water partition coefficient (Wildman–Crippen LogP) is 8.87. The van der Waals surface area contributed by atoms with Crippen LogP contribution >= 0.6 is 11.6 Å². The van der Waals surface area contributed by atoms with Gasteiger partial charge in [0, 0.05) is 54.2 Å². The number of benzene rings is 3. The van der Waals surface area contributed by atoms with Gasteiger partial charge < -0.3 is 34.0 Å². The Balaban J connectivity index is 0.994. The molecule has 1 saturated heterocycles. The van der Waals surface area contributed by atoms with Crippen molar-refractivity contribution in [2.45, 2.75) is 85.6 Å². The van der Waals surface area contributed by atoms with Crippen LogP contribution in [0.4, 0.5) is 0 Å². The Morgan fingerprint density at radius 3 is 2.47 bits per heavy atom. The van der Waals surface area contributed by atoms with Gasteiger partial charge in [0.05, 0.1) is 0 Å². The molecule has 3 aromatic carbocycles. The Morgan fingerprint density at radius 2 is 1.77 bits per heavy atom. The molecule has 0 radical (unpaired) electrons. The molecule has 4 atom stereocenters. The second-order valence-corrected chi connectivity index (χ2v) is 17.1. The largest absolute Gasteiger partial charge is 0.490 e. The third kappa shape index (κ3) is 8.56. The number of carbonyl (C=O) groups excluding carboxylic acids is 2. The summed E-state index contributed by atoms with van der Waals surface area (Å²) in [4.78, 5) is 51.6. The monoisotopic (exact) mass is 856 g/mol. The number of rotatable bonds is 11. The van der Waals surface area contributed by atoms with Crippen LogP contribution in [0.15, 0.2) is 107 Å². The van der Waals surface area contributed by atoms with E-state index in [0.717, 1.165) is 50.2 Å². The number of nitrogens with one attached hydrogen (secondary N) is 1. The van der Waals surface area contributed by atoms with Gasteiger partial charge in [-0.1, -0.05) is 67.1 Å². The molecule has 2 N–H and O–H groups in total. The minimum Gasteiger partial charge on any atom is -0.490 e. The molecule has 12 nitrogen and oxygen atoms in total. The summed E-state index contributed by atoms with van der Waals surface area (Å²) in [5.74, 6) is 0.325. The molecular formula is C49H49ClN4O8. The Morgan fingerprint density at radius 1 is 1.02 bits per heavy atom. The minimum absolute atomic E-state index is 0.0426. The van der Waals surface area contributed by atoms with E-state index in [9.17, 15) is 19.5 Å². The highest BCUT2D eigenvalue weighted by Crippen LogP contribution is 2.50. The van der Waals surface area contributed by atoms with Crippen molar-refractivity contribution in [2.75, 3.05) is 13.2 Å². The van der Waals surface area contributed by atoms with E-state index < -0.39 is 41.4 Å². The molecule has 0 spiro atoms. The Labute approximate surface area is 365 Å². The van der Waals surface area contributed by atoms with E-state index in [-0.39, 0.29) is 31.7 Å². The van der Waals surface area contributed by atoms with E-state index >= 15 is 0 Å². The lowest BCUT2D eigenvalue weighted by Crippen LogP contribution is -2.59. The van der Waals surface area contributed by atoms with Gasteiger partial charge in [0.25, 0.3) is 5.91 Å². The van der Waals surface area contributed by atoms with Crippen LogP contribution in [-0.2, 0) is 32.1 Å². The molecule has 320 valence electrons. The van der Waals surface area contributed by atoms with Gasteiger partial charge in [-0.25, -0.2) is 9.78 Å². The first kappa shape index (κ1) is 42.3. The average molecular weight is 857 g/mol. The third-order valence-corrected chi connectivity index (χ3v) is 12.7. The summed E-state index contributed by atoms with van der Waals surface area (Å²) in [6, 6.07) is 20.8. The molecule has 1 unspecified atom stereocenters.